The number of rotatable bonds is 6. The molecule has 1 aromatic carbocycles. The molecule has 0 radical (unpaired) electrons. The summed E-state index contributed by atoms with van der Waals surface area (Å²) in [6.45, 7) is 4.33. The third-order valence-electron chi connectivity index (χ3n) is 2.74. The van der Waals surface area contributed by atoms with Crippen molar-refractivity contribution in [2.24, 2.45) is 5.92 Å². The largest absolute Gasteiger partial charge is 0.384 e. The maximum absolute atomic E-state index is 11.8. The normalized spacial score (nSPS) is 14.0. The van der Waals surface area contributed by atoms with Crippen molar-refractivity contribution in [1.82, 2.24) is 5.32 Å². The lowest BCUT2D eigenvalue weighted by Crippen LogP contribution is -2.38. The van der Waals surface area contributed by atoms with E-state index < -0.39 is 0 Å². The van der Waals surface area contributed by atoms with E-state index in [1.807, 2.05) is 32.0 Å². The van der Waals surface area contributed by atoms with Gasteiger partial charge >= 0.3 is 0 Å². The minimum absolute atomic E-state index is 0.0383. The van der Waals surface area contributed by atoms with E-state index in [0.29, 0.717) is 6.61 Å². The van der Waals surface area contributed by atoms with Crippen molar-refractivity contribution in [2.75, 3.05) is 13.7 Å². The number of hydrogen-bond donors (Lipinski definition) is 1. The highest BCUT2D eigenvalue weighted by Crippen LogP contribution is 2.17. The van der Waals surface area contributed by atoms with E-state index in [4.69, 9.17) is 4.74 Å². The van der Waals surface area contributed by atoms with Gasteiger partial charge in [-0.1, -0.05) is 41.1 Å². The van der Waals surface area contributed by atoms with E-state index in [9.17, 15) is 4.79 Å². The molecular weight excluding hydrogens is 294 g/mol. The molecule has 0 aliphatic carbocycles. The molecule has 100 valence electrons. The van der Waals surface area contributed by atoms with Crippen molar-refractivity contribution < 1.29 is 9.53 Å². The van der Waals surface area contributed by atoms with Crippen LogP contribution in [0.2, 0.25) is 0 Å². The molecule has 1 N–H and O–H groups in total. The van der Waals surface area contributed by atoms with Gasteiger partial charge in [0.05, 0.1) is 12.5 Å². The van der Waals surface area contributed by atoms with Gasteiger partial charge in [0.15, 0.2) is 0 Å². The Morgan fingerprint density at radius 3 is 2.67 bits per heavy atom. The highest BCUT2D eigenvalue weighted by Gasteiger charge is 2.15. The van der Waals surface area contributed by atoms with Crippen LogP contribution >= 0.6 is 15.9 Å². The molecule has 0 aromatic heterocycles. The average Bonchev–Trinajstić information content (AvgIpc) is 2.32. The van der Waals surface area contributed by atoms with Crippen molar-refractivity contribution in [3.8, 4) is 0 Å². The van der Waals surface area contributed by atoms with Gasteiger partial charge in [-0.15, -0.1) is 0 Å². The summed E-state index contributed by atoms with van der Waals surface area (Å²) in [5.41, 5.74) is 1.20. The van der Waals surface area contributed by atoms with Crippen LogP contribution in [0.25, 0.3) is 0 Å². The van der Waals surface area contributed by atoms with E-state index in [0.717, 1.165) is 10.9 Å². The molecule has 0 fully saturated rings. The Morgan fingerprint density at radius 1 is 1.39 bits per heavy atom. The molecule has 4 heteroatoms. The van der Waals surface area contributed by atoms with Gasteiger partial charge in [0.1, 0.15) is 0 Å². The third kappa shape index (κ3) is 4.78. The van der Waals surface area contributed by atoms with Gasteiger partial charge < -0.3 is 10.1 Å². The Balaban J connectivity index is 2.49. The first-order valence-corrected chi connectivity index (χ1v) is 6.86. The van der Waals surface area contributed by atoms with Gasteiger partial charge in [-0.2, -0.15) is 0 Å². The molecular formula is C14H20BrNO2. The first-order valence-electron chi connectivity index (χ1n) is 6.07. The lowest BCUT2D eigenvalue weighted by atomic mass is 10.1. The molecule has 0 saturated heterocycles. The Kier molecular flexibility index (Phi) is 6.36. The van der Waals surface area contributed by atoms with Gasteiger partial charge in [0.2, 0.25) is 5.91 Å². The Morgan fingerprint density at radius 2 is 2.06 bits per heavy atom. The summed E-state index contributed by atoms with van der Waals surface area (Å²) in [6, 6.07) is 8.16. The van der Waals surface area contributed by atoms with Crippen molar-refractivity contribution >= 4 is 21.8 Å². The van der Waals surface area contributed by atoms with Crippen LogP contribution in [0.1, 0.15) is 19.4 Å². The number of benzene rings is 1. The van der Waals surface area contributed by atoms with Crippen LogP contribution in [0.3, 0.4) is 0 Å². The predicted molar refractivity (Wildman–Crippen MR) is 76.5 cm³/mol. The lowest BCUT2D eigenvalue weighted by molar-refractivity contribution is -0.126. The van der Waals surface area contributed by atoms with Crippen molar-refractivity contribution in [2.45, 2.75) is 26.3 Å². The van der Waals surface area contributed by atoms with Crippen LogP contribution < -0.4 is 5.32 Å². The van der Waals surface area contributed by atoms with Crippen LogP contribution in [0, 0.1) is 5.92 Å². The fraction of sp³-hybridized carbons (Fsp3) is 0.500. The topological polar surface area (TPSA) is 38.3 Å². The molecule has 2 atom stereocenters. The molecule has 0 aliphatic heterocycles. The zero-order valence-corrected chi connectivity index (χ0v) is 12.7. The average molecular weight is 314 g/mol. The molecule has 0 aliphatic rings. The summed E-state index contributed by atoms with van der Waals surface area (Å²) in [5.74, 6) is -0.0759. The van der Waals surface area contributed by atoms with Crippen molar-refractivity contribution in [1.29, 1.82) is 0 Å². The predicted octanol–water partition coefficient (Wildman–Crippen LogP) is 2.78. The minimum atomic E-state index is -0.114. The number of ether oxygens (including phenoxy) is 1. The molecule has 1 rings (SSSR count). The molecule has 3 nitrogen and oxygen atoms in total. The third-order valence-corrected chi connectivity index (χ3v) is 3.51. The summed E-state index contributed by atoms with van der Waals surface area (Å²) in [4.78, 5) is 11.8. The smallest absolute Gasteiger partial charge is 0.225 e. The van der Waals surface area contributed by atoms with Crippen LogP contribution in [-0.2, 0) is 16.0 Å². The molecule has 18 heavy (non-hydrogen) atoms. The monoisotopic (exact) mass is 313 g/mol. The number of hydrogen-bond acceptors (Lipinski definition) is 2. The Bertz CT molecular complexity index is 395. The van der Waals surface area contributed by atoms with Crippen LogP contribution in [-0.4, -0.2) is 25.7 Å². The van der Waals surface area contributed by atoms with Crippen LogP contribution in [0.5, 0.6) is 0 Å². The van der Waals surface area contributed by atoms with Crippen molar-refractivity contribution in [3.05, 3.63) is 34.3 Å². The highest BCUT2D eigenvalue weighted by molar-refractivity contribution is 9.10. The fourth-order valence-electron chi connectivity index (χ4n) is 1.76. The maximum Gasteiger partial charge on any atom is 0.225 e. The molecule has 0 bridgehead atoms. The van der Waals surface area contributed by atoms with E-state index in [2.05, 4.69) is 27.3 Å². The number of carbonyl (C=O) groups excluding carboxylic acids is 1. The van der Waals surface area contributed by atoms with Gasteiger partial charge in [0, 0.05) is 17.6 Å². The van der Waals surface area contributed by atoms with E-state index in [1.165, 1.54) is 5.56 Å². The van der Waals surface area contributed by atoms with Gasteiger partial charge in [-0.05, 0) is 25.0 Å². The van der Waals surface area contributed by atoms with E-state index in [1.54, 1.807) is 7.11 Å². The second-order valence-corrected chi connectivity index (χ2v) is 5.42. The number of carbonyl (C=O) groups is 1. The summed E-state index contributed by atoms with van der Waals surface area (Å²) in [7, 11) is 1.61. The quantitative estimate of drug-likeness (QED) is 0.877. The Labute approximate surface area is 117 Å². The number of halogens is 1. The summed E-state index contributed by atoms with van der Waals surface area (Å²) in [6.07, 6.45) is 0.812. The molecule has 0 unspecified atom stereocenters. The second kappa shape index (κ2) is 7.54. The zero-order chi connectivity index (χ0) is 13.5. The number of methoxy groups -OCH3 is 1. The summed E-state index contributed by atoms with van der Waals surface area (Å²) in [5, 5.41) is 3.00. The number of nitrogens with one attached hydrogen (secondary N) is 1. The Hall–Kier alpha value is -0.870. The summed E-state index contributed by atoms with van der Waals surface area (Å²) < 4.78 is 6.06. The van der Waals surface area contributed by atoms with Gasteiger partial charge in [-0.25, -0.2) is 0 Å². The maximum atomic E-state index is 11.8. The van der Waals surface area contributed by atoms with Crippen LogP contribution in [0.4, 0.5) is 0 Å². The van der Waals surface area contributed by atoms with Gasteiger partial charge in [0.25, 0.3) is 0 Å². The lowest BCUT2D eigenvalue weighted by Gasteiger charge is -2.17. The van der Waals surface area contributed by atoms with E-state index in [-0.39, 0.29) is 17.9 Å². The molecule has 1 amide bonds. The SMILES string of the molecule is COC[C@H](C)C(=O)N[C@H](C)Cc1ccccc1Br. The van der Waals surface area contributed by atoms with Crippen molar-refractivity contribution in [3.63, 3.8) is 0 Å². The summed E-state index contributed by atoms with van der Waals surface area (Å²) >= 11 is 3.51. The first kappa shape index (κ1) is 15.2. The molecule has 0 spiro atoms. The highest BCUT2D eigenvalue weighted by atomic mass is 79.9. The fourth-order valence-corrected chi connectivity index (χ4v) is 2.20. The number of amides is 1. The first-order chi connectivity index (χ1) is 8.54. The molecule has 1 aromatic rings. The standard InChI is InChI=1S/C14H20BrNO2/c1-10(9-18-3)14(17)16-11(2)8-12-6-4-5-7-13(12)15/h4-7,10-11H,8-9H2,1-3H3,(H,16,17)/t10-,11+/m0/s1. The van der Waals surface area contributed by atoms with Crippen LogP contribution in [0.15, 0.2) is 28.7 Å². The molecule has 0 saturated carbocycles. The van der Waals surface area contributed by atoms with E-state index >= 15 is 0 Å². The molecule has 0 heterocycles. The van der Waals surface area contributed by atoms with Gasteiger partial charge in [-0.3, -0.25) is 4.79 Å². The zero-order valence-electron chi connectivity index (χ0n) is 11.1. The second-order valence-electron chi connectivity index (χ2n) is 4.56. The minimum Gasteiger partial charge on any atom is -0.384 e.